The Labute approximate surface area is 104 Å². The zero-order valence-corrected chi connectivity index (χ0v) is 10.5. The van der Waals surface area contributed by atoms with E-state index >= 15 is 0 Å². The second kappa shape index (κ2) is 5.05. The van der Waals surface area contributed by atoms with E-state index in [4.69, 9.17) is 10.5 Å². The van der Waals surface area contributed by atoms with Crippen LogP contribution in [0.4, 0.5) is 5.95 Å². The number of hydrogen-bond acceptors (Lipinski definition) is 5. The smallest absolute Gasteiger partial charge is 0.224 e. The highest BCUT2D eigenvalue weighted by Gasteiger charge is 2.02. The molecule has 0 amide bonds. The first kappa shape index (κ1) is 11.7. The van der Waals surface area contributed by atoms with Gasteiger partial charge in [-0.15, -0.1) is 11.8 Å². The maximum Gasteiger partial charge on any atom is 0.224 e. The van der Waals surface area contributed by atoms with E-state index < -0.39 is 0 Å². The molecule has 0 unspecified atom stereocenters. The first-order chi connectivity index (χ1) is 8.17. The molecule has 17 heavy (non-hydrogen) atoms. The first-order valence-corrected chi connectivity index (χ1v) is 6.33. The summed E-state index contributed by atoms with van der Waals surface area (Å²) >= 11 is 1.69. The molecule has 2 rings (SSSR count). The lowest BCUT2D eigenvalue weighted by Crippen LogP contribution is -1.98. The fraction of sp³-hybridized carbons (Fsp3) is 0.167. The summed E-state index contributed by atoms with van der Waals surface area (Å²) < 4.78 is 5.60. The summed E-state index contributed by atoms with van der Waals surface area (Å²) in [6, 6.07) is 9.55. The monoisotopic (exact) mass is 247 g/mol. The van der Waals surface area contributed by atoms with Gasteiger partial charge in [-0.3, -0.25) is 0 Å². The van der Waals surface area contributed by atoms with E-state index in [2.05, 4.69) is 9.97 Å². The largest absolute Gasteiger partial charge is 0.439 e. The van der Waals surface area contributed by atoms with Crippen molar-refractivity contribution in [3.8, 4) is 11.6 Å². The summed E-state index contributed by atoms with van der Waals surface area (Å²) in [6.07, 6.45) is 2.03. The molecule has 0 radical (unpaired) electrons. The number of benzene rings is 1. The van der Waals surface area contributed by atoms with Crippen LogP contribution < -0.4 is 10.5 Å². The normalized spacial score (nSPS) is 10.2. The summed E-state index contributed by atoms with van der Waals surface area (Å²) in [6.45, 7) is 1.85. The molecule has 0 aliphatic heterocycles. The minimum Gasteiger partial charge on any atom is -0.439 e. The Morgan fingerprint density at radius 2 is 1.88 bits per heavy atom. The third-order valence-electron chi connectivity index (χ3n) is 2.13. The summed E-state index contributed by atoms with van der Waals surface area (Å²) in [5, 5.41) is 0. The molecule has 5 heteroatoms. The van der Waals surface area contributed by atoms with Crippen LogP contribution in [0.2, 0.25) is 0 Å². The van der Waals surface area contributed by atoms with Gasteiger partial charge in [0.05, 0.1) is 0 Å². The summed E-state index contributed by atoms with van der Waals surface area (Å²) in [5.41, 5.74) is 6.34. The minimum atomic E-state index is 0.223. The summed E-state index contributed by atoms with van der Waals surface area (Å²) in [7, 11) is 0. The molecule has 1 aromatic heterocycles. The highest BCUT2D eigenvalue weighted by atomic mass is 32.2. The molecular formula is C12H13N3OS. The van der Waals surface area contributed by atoms with Crippen molar-refractivity contribution >= 4 is 17.7 Å². The molecule has 2 aromatic rings. The van der Waals surface area contributed by atoms with Crippen molar-refractivity contribution < 1.29 is 4.74 Å². The van der Waals surface area contributed by atoms with E-state index in [9.17, 15) is 0 Å². The van der Waals surface area contributed by atoms with Gasteiger partial charge in [-0.2, -0.15) is 4.98 Å². The van der Waals surface area contributed by atoms with Crippen molar-refractivity contribution in [2.75, 3.05) is 12.0 Å². The van der Waals surface area contributed by atoms with Crippen LogP contribution in [-0.4, -0.2) is 16.2 Å². The Balaban J connectivity index is 2.19. The Morgan fingerprint density at radius 1 is 1.18 bits per heavy atom. The van der Waals surface area contributed by atoms with Gasteiger partial charge in [-0.05, 0) is 37.4 Å². The quantitative estimate of drug-likeness (QED) is 0.845. The highest BCUT2D eigenvalue weighted by Crippen LogP contribution is 2.23. The van der Waals surface area contributed by atoms with Gasteiger partial charge < -0.3 is 10.5 Å². The maximum absolute atomic E-state index is 5.60. The van der Waals surface area contributed by atoms with Crippen LogP contribution in [0, 0.1) is 6.92 Å². The molecular weight excluding hydrogens is 234 g/mol. The van der Waals surface area contributed by atoms with Crippen molar-refractivity contribution in [1.29, 1.82) is 0 Å². The first-order valence-electron chi connectivity index (χ1n) is 5.10. The Hall–Kier alpha value is -1.75. The lowest BCUT2D eigenvalue weighted by molar-refractivity contribution is 0.461. The molecule has 0 atom stereocenters. The van der Waals surface area contributed by atoms with Crippen LogP contribution in [0.3, 0.4) is 0 Å². The average Bonchev–Trinajstić information content (AvgIpc) is 2.28. The highest BCUT2D eigenvalue weighted by molar-refractivity contribution is 7.98. The van der Waals surface area contributed by atoms with E-state index in [-0.39, 0.29) is 5.95 Å². The summed E-state index contributed by atoms with van der Waals surface area (Å²) in [4.78, 5) is 9.19. The molecule has 88 valence electrons. The third-order valence-corrected chi connectivity index (χ3v) is 2.87. The number of thioether (sulfide) groups is 1. The van der Waals surface area contributed by atoms with Crippen molar-refractivity contribution in [3.63, 3.8) is 0 Å². The van der Waals surface area contributed by atoms with Crippen molar-refractivity contribution in [2.45, 2.75) is 11.8 Å². The van der Waals surface area contributed by atoms with Crippen LogP contribution in [0.1, 0.15) is 5.69 Å². The summed E-state index contributed by atoms with van der Waals surface area (Å²) in [5.74, 6) is 1.42. The minimum absolute atomic E-state index is 0.223. The topological polar surface area (TPSA) is 61.0 Å². The SMILES string of the molecule is CSc1ccc(Oc2cc(C)nc(N)n2)cc1. The van der Waals surface area contributed by atoms with Gasteiger partial charge >= 0.3 is 0 Å². The van der Waals surface area contributed by atoms with E-state index in [0.29, 0.717) is 5.88 Å². The predicted molar refractivity (Wildman–Crippen MR) is 69.5 cm³/mol. The molecule has 0 aliphatic rings. The van der Waals surface area contributed by atoms with Gasteiger partial charge in [0.25, 0.3) is 0 Å². The Bertz CT molecular complexity index is 493. The number of nitrogens with zero attached hydrogens (tertiary/aromatic N) is 2. The number of hydrogen-bond donors (Lipinski definition) is 1. The second-order valence-electron chi connectivity index (χ2n) is 3.48. The van der Waals surface area contributed by atoms with Crippen molar-refractivity contribution in [3.05, 3.63) is 36.0 Å². The van der Waals surface area contributed by atoms with E-state index in [1.165, 1.54) is 4.90 Å². The van der Waals surface area contributed by atoms with Crippen LogP contribution in [-0.2, 0) is 0 Å². The predicted octanol–water partition coefficient (Wildman–Crippen LogP) is 2.88. The molecule has 0 bridgehead atoms. The van der Waals surface area contributed by atoms with Crippen LogP contribution >= 0.6 is 11.8 Å². The number of aryl methyl sites for hydroxylation is 1. The lowest BCUT2D eigenvalue weighted by Gasteiger charge is -2.06. The zero-order chi connectivity index (χ0) is 12.3. The number of nitrogen functional groups attached to an aromatic ring is 1. The van der Waals surface area contributed by atoms with Gasteiger partial charge in [0.15, 0.2) is 0 Å². The number of rotatable bonds is 3. The molecule has 0 saturated heterocycles. The second-order valence-corrected chi connectivity index (χ2v) is 4.36. The van der Waals surface area contributed by atoms with Crippen molar-refractivity contribution in [2.24, 2.45) is 0 Å². The number of aromatic nitrogens is 2. The third kappa shape index (κ3) is 3.10. The molecule has 1 heterocycles. The Kier molecular flexibility index (Phi) is 3.49. The van der Waals surface area contributed by atoms with Gasteiger partial charge in [0.1, 0.15) is 5.75 Å². The molecule has 0 spiro atoms. The van der Waals surface area contributed by atoms with Gasteiger partial charge in [0.2, 0.25) is 11.8 Å². The number of nitrogens with two attached hydrogens (primary N) is 1. The lowest BCUT2D eigenvalue weighted by atomic mass is 10.3. The Morgan fingerprint density at radius 3 is 2.47 bits per heavy atom. The van der Waals surface area contributed by atoms with Gasteiger partial charge in [-0.1, -0.05) is 0 Å². The molecule has 0 saturated carbocycles. The van der Waals surface area contributed by atoms with E-state index in [0.717, 1.165) is 11.4 Å². The zero-order valence-electron chi connectivity index (χ0n) is 9.68. The van der Waals surface area contributed by atoms with Gasteiger partial charge in [0, 0.05) is 16.7 Å². The van der Waals surface area contributed by atoms with Crippen LogP contribution in [0.25, 0.3) is 0 Å². The van der Waals surface area contributed by atoms with Crippen LogP contribution in [0.5, 0.6) is 11.6 Å². The molecule has 1 aromatic carbocycles. The van der Waals surface area contributed by atoms with Crippen LogP contribution in [0.15, 0.2) is 35.2 Å². The van der Waals surface area contributed by atoms with E-state index in [1.54, 1.807) is 17.8 Å². The molecule has 0 fully saturated rings. The molecule has 4 nitrogen and oxygen atoms in total. The van der Waals surface area contributed by atoms with Crippen molar-refractivity contribution in [1.82, 2.24) is 9.97 Å². The average molecular weight is 247 g/mol. The molecule has 2 N–H and O–H groups in total. The number of ether oxygens (including phenoxy) is 1. The maximum atomic E-state index is 5.60. The standard InChI is InChI=1S/C12H13N3OS/c1-8-7-11(15-12(13)14-8)16-9-3-5-10(17-2)6-4-9/h3-7H,1-2H3,(H2,13,14,15). The fourth-order valence-electron chi connectivity index (χ4n) is 1.38. The van der Waals surface area contributed by atoms with E-state index in [1.807, 2.05) is 37.4 Å². The van der Waals surface area contributed by atoms with Gasteiger partial charge in [-0.25, -0.2) is 4.98 Å². The molecule has 0 aliphatic carbocycles. The number of anilines is 1. The fourth-order valence-corrected chi connectivity index (χ4v) is 1.79.